The summed E-state index contributed by atoms with van der Waals surface area (Å²) in [6, 6.07) is 0. The van der Waals surface area contributed by atoms with Crippen LogP contribution in [0.3, 0.4) is 0 Å². The molecule has 0 saturated carbocycles. The van der Waals surface area contributed by atoms with Crippen molar-refractivity contribution < 1.29 is 9.72 Å². The summed E-state index contributed by atoms with van der Waals surface area (Å²) in [5, 5.41) is 10.9. The van der Waals surface area contributed by atoms with Crippen molar-refractivity contribution in [1.82, 2.24) is 0 Å². The molecule has 0 aromatic heterocycles. The average molecular weight is 335 g/mol. The number of nitrogens with zero attached hydrogens (tertiary/aromatic N) is 1. The smallest absolute Gasteiger partial charge is 0.242 e. The summed E-state index contributed by atoms with van der Waals surface area (Å²) in [4.78, 5) is 20.7. The van der Waals surface area contributed by atoms with E-state index in [1.54, 1.807) is 6.08 Å². The van der Waals surface area contributed by atoms with Gasteiger partial charge in [0.15, 0.2) is 0 Å². The Morgan fingerprint density at radius 2 is 1.54 bits per heavy atom. The number of aldehydes is 1. The van der Waals surface area contributed by atoms with Crippen molar-refractivity contribution in [2.45, 2.75) is 84.0 Å². The molecule has 0 fully saturated rings. The molecule has 24 heavy (non-hydrogen) atoms. The molecule has 0 spiro atoms. The van der Waals surface area contributed by atoms with Crippen LogP contribution in [0.25, 0.3) is 0 Å². The van der Waals surface area contributed by atoms with Gasteiger partial charge in [0.2, 0.25) is 5.70 Å². The van der Waals surface area contributed by atoms with Gasteiger partial charge in [0.05, 0.1) is 4.92 Å². The Labute approximate surface area is 146 Å². The molecule has 4 heteroatoms. The molecule has 0 amide bonds. The van der Waals surface area contributed by atoms with E-state index in [4.69, 9.17) is 0 Å². The van der Waals surface area contributed by atoms with Crippen molar-refractivity contribution in [2.75, 3.05) is 0 Å². The van der Waals surface area contributed by atoms with Crippen LogP contribution in [0.4, 0.5) is 0 Å². The fourth-order valence-electron chi connectivity index (χ4n) is 2.37. The van der Waals surface area contributed by atoms with Crippen LogP contribution in [0.5, 0.6) is 0 Å². The minimum atomic E-state index is -0.348. The first-order valence-electron chi connectivity index (χ1n) is 9.29. The maximum atomic E-state index is 10.9. The number of hydrogen-bond donors (Lipinski definition) is 0. The van der Waals surface area contributed by atoms with Gasteiger partial charge in [-0.1, -0.05) is 63.3 Å². The molecule has 0 N–H and O–H groups in total. The molecular formula is C20H33NO3. The van der Waals surface area contributed by atoms with E-state index in [2.05, 4.69) is 19.1 Å². The highest BCUT2D eigenvalue weighted by molar-refractivity contribution is 5.49. The Morgan fingerprint density at radius 3 is 2.25 bits per heavy atom. The Hall–Kier alpha value is -1.71. The Balaban J connectivity index is 3.74. The van der Waals surface area contributed by atoms with E-state index in [1.807, 2.05) is 12.2 Å². The van der Waals surface area contributed by atoms with Gasteiger partial charge in [-0.25, -0.2) is 0 Å². The summed E-state index contributed by atoms with van der Waals surface area (Å²) >= 11 is 0. The number of rotatable bonds is 16. The van der Waals surface area contributed by atoms with Crippen LogP contribution in [0, 0.1) is 10.1 Å². The summed E-state index contributed by atoms with van der Waals surface area (Å²) in [6.45, 7) is 2.23. The maximum Gasteiger partial charge on any atom is 0.242 e. The van der Waals surface area contributed by atoms with Crippen LogP contribution in [-0.2, 0) is 4.79 Å². The number of carbonyl (C=O) groups is 1. The highest BCUT2D eigenvalue weighted by Crippen LogP contribution is 2.09. The van der Waals surface area contributed by atoms with E-state index in [-0.39, 0.29) is 10.6 Å². The lowest BCUT2D eigenvalue weighted by molar-refractivity contribution is -0.428. The quantitative estimate of drug-likeness (QED) is 0.112. The zero-order valence-corrected chi connectivity index (χ0v) is 15.1. The third kappa shape index (κ3) is 15.2. The largest absolute Gasteiger partial charge is 0.303 e. The molecule has 0 bridgehead atoms. The number of hydrogen-bond acceptors (Lipinski definition) is 3. The third-order valence-electron chi connectivity index (χ3n) is 3.81. The summed E-state index contributed by atoms with van der Waals surface area (Å²) < 4.78 is 0. The molecule has 0 aromatic carbocycles. The summed E-state index contributed by atoms with van der Waals surface area (Å²) in [6.07, 6.45) is 22.6. The molecule has 0 aliphatic carbocycles. The molecule has 0 atom stereocenters. The molecule has 0 radical (unpaired) electrons. The monoisotopic (exact) mass is 335 g/mol. The number of nitro groups is 1. The van der Waals surface area contributed by atoms with E-state index in [1.165, 1.54) is 38.5 Å². The van der Waals surface area contributed by atoms with Crippen LogP contribution < -0.4 is 0 Å². The van der Waals surface area contributed by atoms with E-state index < -0.39 is 0 Å². The van der Waals surface area contributed by atoms with Gasteiger partial charge in [-0.05, 0) is 38.2 Å². The summed E-state index contributed by atoms with van der Waals surface area (Å²) in [5.41, 5.74) is 0.208. The van der Waals surface area contributed by atoms with E-state index in [0.717, 1.165) is 19.1 Å². The minimum Gasteiger partial charge on any atom is -0.303 e. The average Bonchev–Trinajstić information content (AvgIpc) is 2.57. The molecule has 0 aromatic rings. The summed E-state index contributed by atoms with van der Waals surface area (Å²) in [7, 11) is 0. The Bertz CT molecular complexity index is 411. The van der Waals surface area contributed by atoms with Gasteiger partial charge in [-0.15, -0.1) is 0 Å². The molecular weight excluding hydrogens is 302 g/mol. The highest BCUT2D eigenvalue weighted by Gasteiger charge is 2.08. The standard InChI is InChI=1S/C20H33NO3/c1-2-3-4-5-6-7-8-9-10-11-12-13-14-17-20(21(23)24)18-15-16-19-22/h9-10,12-13,17,19H,2-8,11,14-16,18H2,1H3/b10-9+,13-12+,20-17-. The van der Waals surface area contributed by atoms with Crippen LogP contribution >= 0.6 is 0 Å². The van der Waals surface area contributed by atoms with Crippen molar-refractivity contribution in [2.24, 2.45) is 0 Å². The van der Waals surface area contributed by atoms with E-state index in [0.29, 0.717) is 25.7 Å². The molecule has 0 unspecified atom stereocenters. The molecule has 136 valence electrons. The number of unbranched alkanes of at least 4 members (excludes halogenated alkanes) is 7. The fourth-order valence-corrected chi connectivity index (χ4v) is 2.37. The Morgan fingerprint density at radius 1 is 0.875 bits per heavy atom. The van der Waals surface area contributed by atoms with Gasteiger partial charge in [-0.2, -0.15) is 0 Å². The van der Waals surface area contributed by atoms with Crippen molar-refractivity contribution in [3.05, 3.63) is 46.2 Å². The fraction of sp³-hybridized carbons (Fsp3) is 0.650. The van der Waals surface area contributed by atoms with Gasteiger partial charge in [0.25, 0.3) is 0 Å². The summed E-state index contributed by atoms with van der Waals surface area (Å²) in [5.74, 6) is 0. The lowest BCUT2D eigenvalue weighted by Crippen LogP contribution is -1.98. The molecule has 0 aliphatic rings. The molecule has 0 saturated heterocycles. The van der Waals surface area contributed by atoms with Crippen molar-refractivity contribution >= 4 is 6.29 Å². The number of carbonyl (C=O) groups excluding carboxylic acids is 1. The normalized spacial score (nSPS) is 12.3. The SMILES string of the molecule is CCCCCCCC/C=C/C/C=C/C/C=C(/CCCC=O)[N+](=O)[O-]. The van der Waals surface area contributed by atoms with Crippen LogP contribution in [-0.4, -0.2) is 11.2 Å². The van der Waals surface area contributed by atoms with Crippen LogP contribution in [0.15, 0.2) is 36.1 Å². The van der Waals surface area contributed by atoms with Crippen LogP contribution in [0.2, 0.25) is 0 Å². The lowest BCUT2D eigenvalue weighted by atomic mass is 10.1. The molecule has 4 nitrogen and oxygen atoms in total. The zero-order chi connectivity index (χ0) is 17.9. The van der Waals surface area contributed by atoms with Gasteiger partial charge in [0.1, 0.15) is 6.29 Å². The predicted molar refractivity (Wildman–Crippen MR) is 100 cm³/mol. The maximum absolute atomic E-state index is 10.9. The topological polar surface area (TPSA) is 60.2 Å². The minimum absolute atomic E-state index is 0.208. The first kappa shape index (κ1) is 22.3. The first-order chi connectivity index (χ1) is 11.7. The van der Waals surface area contributed by atoms with Gasteiger partial charge in [0, 0.05) is 12.8 Å². The second kappa shape index (κ2) is 17.6. The number of allylic oxidation sites excluding steroid dienone is 6. The van der Waals surface area contributed by atoms with Gasteiger partial charge in [-0.3, -0.25) is 10.1 Å². The lowest BCUT2D eigenvalue weighted by Gasteiger charge is -1.97. The van der Waals surface area contributed by atoms with Gasteiger partial charge >= 0.3 is 0 Å². The van der Waals surface area contributed by atoms with Gasteiger partial charge < -0.3 is 4.79 Å². The van der Waals surface area contributed by atoms with Crippen molar-refractivity contribution in [3.63, 3.8) is 0 Å². The van der Waals surface area contributed by atoms with Crippen molar-refractivity contribution in [1.29, 1.82) is 0 Å². The van der Waals surface area contributed by atoms with E-state index >= 15 is 0 Å². The van der Waals surface area contributed by atoms with Crippen molar-refractivity contribution in [3.8, 4) is 0 Å². The Kier molecular flexibility index (Phi) is 16.4. The second-order valence-corrected chi connectivity index (χ2v) is 5.98. The first-order valence-corrected chi connectivity index (χ1v) is 9.29. The molecule has 0 rings (SSSR count). The van der Waals surface area contributed by atoms with E-state index in [9.17, 15) is 14.9 Å². The predicted octanol–water partition coefficient (Wildman–Crippen LogP) is 6.16. The molecule has 0 aliphatic heterocycles. The molecule has 0 heterocycles. The highest BCUT2D eigenvalue weighted by atomic mass is 16.6. The van der Waals surface area contributed by atoms with Crippen LogP contribution in [0.1, 0.15) is 84.0 Å². The second-order valence-electron chi connectivity index (χ2n) is 5.98. The zero-order valence-electron chi connectivity index (χ0n) is 15.1. The third-order valence-corrected chi connectivity index (χ3v) is 3.81.